The summed E-state index contributed by atoms with van der Waals surface area (Å²) in [6, 6.07) is 0. The van der Waals surface area contributed by atoms with Crippen molar-refractivity contribution >= 4 is 17.1 Å². The van der Waals surface area contributed by atoms with Crippen LogP contribution < -0.4 is 16.8 Å². The predicted molar refractivity (Wildman–Crippen MR) is 68.9 cm³/mol. The van der Waals surface area contributed by atoms with Gasteiger partial charge in [-0.25, -0.2) is 9.78 Å². The van der Waals surface area contributed by atoms with Crippen LogP contribution in [-0.2, 0) is 18.9 Å². The molecular formula is C11H12N4O5. The van der Waals surface area contributed by atoms with E-state index in [1.165, 1.54) is 21.0 Å². The third-order valence-corrected chi connectivity index (χ3v) is 3.12. The van der Waals surface area contributed by atoms with Crippen LogP contribution in [0.2, 0.25) is 0 Å². The number of fused-ring (bicyclic) bond motifs is 1. The van der Waals surface area contributed by atoms with Crippen molar-refractivity contribution < 1.29 is 9.90 Å². The highest BCUT2D eigenvalue weighted by atomic mass is 16.4. The minimum absolute atomic E-state index is 0.0376. The normalized spacial score (nSPS) is 12.6. The monoisotopic (exact) mass is 280 g/mol. The molecule has 1 unspecified atom stereocenters. The van der Waals surface area contributed by atoms with Gasteiger partial charge in [-0.2, -0.15) is 0 Å². The van der Waals surface area contributed by atoms with Gasteiger partial charge in [0.1, 0.15) is 17.3 Å². The summed E-state index contributed by atoms with van der Waals surface area (Å²) < 4.78 is 1.91. The Bertz CT molecular complexity index is 889. The Hall–Kier alpha value is -2.71. The second kappa shape index (κ2) is 4.44. The number of hydrogen-bond acceptors (Lipinski definition) is 5. The standard InChI is InChI=1S/C11H12N4O5/c1-4(10(18)19)5-8(16)13-7-6(12-5)9(17)15(3)11(20)14(7)2/h4H,1-3H3,(H,13,16)(H,18,19). The van der Waals surface area contributed by atoms with Crippen molar-refractivity contribution in [2.24, 2.45) is 14.1 Å². The molecule has 0 radical (unpaired) electrons. The number of nitrogens with one attached hydrogen (secondary N) is 1. The average Bonchev–Trinajstić information content (AvgIpc) is 2.41. The van der Waals surface area contributed by atoms with E-state index < -0.39 is 28.7 Å². The summed E-state index contributed by atoms with van der Waals surface area (Å²) in [6.45, 7) is 1.29. The van der Waals surface area contributed by atoms with Crippen LogP contribution in [0.5, 0.6) is 0 Å². The largest absolute Gasteiger partial charge is 0.481 e. The molecule has 9 heteroatoms. The summed E-state index contributed by atoms with van der Waals surface area (Å²) in [7, 11) is 2.65. The van der Waals surface area contributed by atoms with Crippen LogP contribution in [-0.4, -0.2) is 30.2 Å². The first kappa shape index (κ1) is 13.7. The molecule has 0 saturated carbocycles. The van der Waals surface area contributed by atoms with Crippen LogP contribution >= 0.6 is 0 Å². The molecule has 20 heavy (non-hydrogen) atoms. The molecule has 0 aliphatic rings. The molecule has 2 aromatic heterocycles. The van der Waals surface area contributed by atoms with Gasteiger partial charge in [0.15, 0.2) is 5.52 Å². The highest BCUT2D eigenvalue weighted by Gasteiger charge is 2.21. The van der Waals surface area contributed by atoms with Gasteiger partial charge in [0.25, 0.3) is 11.1 Å². The van der Waals surface area contributed by atoms with E-state index >= 15 is 0 Å². The van der Waals surface area contributed by atoms with Crippen molar-refractivity contribution in [3.8, 4) is 0 Å². The molecule has 9 nitrogen and oxygen atoms in total. The minimum Gasteiger partial charge on any atom is -0.481 e. The zero-order valence-electron chi connectivity index (χ0n) is 11.0. The van der Waals surface area contributed by atoms with Crippen molar-refractivity contribution in [1.82, 2.24) is 19.1 Å². The number of carbonyl (C=O) groups is 1. The van der Waals surface area contributed by atoms with Gasteiger partial charge in [-0.05, 0) is 6.92 Å². The van der Waals surface area contributed by atoms with E-state index in [0.717, 1.165) is 9.13 Å². The summed E-state index contributed by atoms with van der Waals surface area (Å²) in [6.07, 6.45) is 0. The average molecular weight is 280 g/mol. The first-order valence-corrected chi connectivity index (χ1v) is 5.68. The maximum absolute atomic E-state index is 12.0. The zero-order valence-corrected chi connectivity index (χ0v) is 11.0. The summed E-state index contributed by atoms with van der Waals surface area (Å²) in [5.41, 5.74) is -2.52. The van der Waals surface area contributed by atoms with Gasteiger partial charge >= 0.3 is 11.7 Å². The summed E-state index contributed by atoms with van der Waals surface area (Å²) in [4.78, 5) is 52.6. The smallest absolute Gasteiger partial charge is 0.332 e. The Morgan fingerprint density at radius 3 is 2.40 bits per heavy atom. The Morgan fingerprint density at radius 1 is 1.25 bits per heavy atom. The van der Waals surface area contributed by atoms with Crippen LogP contribution in [0.3, 0.4) is 0 Å². The summed E-state index contributed by atoms with van der Waals surface area (Å²) in [5, 5.41) is 8.92. The number of carboxylic acids is 1. The second-order valence-corrected chi connectivity index (χ2v) is 4.41. The molecule has 106 valence electrons. The molecular weight excluding hydrogens is 268 g/mol. The fourth-order valence-electron chi connectivity index (χ4n) is 1.82. The van der Waals surface area contributed by atoms with Crippen molar-refractivity contribution in [3.05, 3.63) is 36.9 Å². The third kappa shape index (κ3) is 1.83. The molecule has 2 N–H and O–H groups in total. The number of aromatic nitrogens is 4. The molecule has 2 heterocycles. The van der Waals surface area contributed by atoms with E-state index in [1.807, 2.05) is 0 Å². The summed E-state index contributed by atoms with van der Waals surface area (Å²) >= 11 is 0. The lowest BCUT2D eigenvalue weighted by Crippen LogP contribution is -2.39. The first-order valence-electron chi connectivity index (χ1n) is 5.68. The first-order chi connectivity index (χ1) is 9.25. The van der Waals surface area contributed by atoms with Crippen LogP contribution in [0.25, 0.3) is 11.2 Å². The Morgan fingerprint density at radius 2 is 1.85 bits per heavy atom. The SMILES string of the molecule is CC(C(=O)O)c1nc2c(=O)n(C)c(=O)n(C)c2[nH]c1=O. The highest BCUT2D eigenvalue weighted by Crippen LogP contribution is 2.09. The fourth-order valence-corrected chi connectivity index (χ4v) is 1.82. The van der Waals surface area contributed by atoms with Crippen molar-refractivity contribution in [2.75, 3.05) is 0 Å². The van der Waals surface area contributed by atoms with Gasteiger partial charge in [0, 0.05) is 14.1 Å². The number of rotatable bonds is 2. The third-order valence-electron chi connectivity index (χ3n) is 3.12. The van der Waals surface area contributed by atoms with E-state index in [-0.39, 0.29) is 16.9 Å². The molecule has 0 bridgehead atoms. The quantitative estimate of drug-likeness (QED) is 0.689. The van der Waals surface area contributed by atoms with Gasteiger partial charge in [0.05, 0.1) is 0 Å². The lowest BCUT2D eigenvalue weighted by Gasteiger charge is -2.09. The number of nitrogens with zero attached hydrogens (tertiary/aromatic N) is 3. The van der Waals surface area contributed by atoms with Gasteiger partial charge in [-0.1, -0.05) is 0 Å². The topological polar surface area (TPSA) is 127 Å². The maximum Gasteiger partial charge on any atom is 0.332 e. The number of H-pyrrole nitrogens is 1. The van der Waals surface area contributed by atoms with E-state index in [0.29, 0.717) is 0 Å². The van der Waals surface area contributed by atoms with Crippen LogP contribution in [0.15, 0.2) is 14.4 Å². The number of aromatic amines is 1. The summed E-state index contributed by atoms with van der Waals surface area (Å²) in [5.74, 6) is -2.39. The molecule has 0 aromatic carbocycles. The Balaban J connectivity index is 2.98. The van der Waals surface area contributed by atoms with Gasteiger partial charge in [0.2, 0.25) is 0 Å². The van der Waals surface area contributed by atoms with Crippen molar-refractivity contribution in [2.45, 2.75) is 12.8 Å². The van der Waals surface area contributed by atoms with Gasteiger partial charge in [-0.3, -0.25) is 23.5 Å². The number of aliphatic carboxylic acids is 1. The van der Waals surface area contributed by atoms with Gasteiger partial charge < -0.3 is 10.1 Å². The predicted octanol–water partition coefficient (Wildman–Crippen LogP) is -1.49. The molecule has 2 rings (SSSR count). The lowest BCUT2D eigenvalue weighted by atomic mass is 10.1. The van der Waals surface area contributed by atoms with Crippen molar-refractivity contribution in [3.63, 3.8) is 0 Å². The van der Waals surface area contributed by atoms with E-state index in [2.05, 4.69) is 9.97 Å². The van der Waals surface area contributed by atoms with Crippen molar-refractivity contribution in [1.29, 1.82) is 0 Å². The highest BCUT2D eigenvalue weighted by molar-refractivity contribution is 5.76. The minimum atomic E-state index is -1.23. The fraction of sp³-hybridized carbons (Fsp3) is 0.364. The molecule has 2 aromatic rings. The molecule has 0 fully saturated rings. The molecule has 0 saturated heterocycles. The van der Waals surface area contributed by atoms with E-state index in [9.17, 15) is 19.2 Å². The number of aryl methyl sites for hydroxylation is 1. The second-order valence-electron chi connectivity index (χ2n) is 4.41. The molecule has 0 spiro atoms. The zero-order chi connectivity index (χ0) is 15.2. The maximum atomic E-state index is 12.0. The Labute approximate surface area is 111 Å². The molecule has 1 atom stereocenters. The molecule has 0 aliphatic carbocycles. The number of hydrogen-bond donors (Lipinski definition) is 2. The van der Waals surface area contributed by atoms with E-state index in [1.54, 1.807) is 0 Å². The lowest BCUT2D eigenvalue weighted by molar-refractivity contribution is -0.138. The molecule has 0 amide bonds. The van der Waals surface area contributed by atoms with Crippen LogP contribution in [0.1, 0.15) is 18.5 Å². The molecule has 0 aliphatic heterocycles. The van der Waals surface area contributed by atoms with E-state index in [4.69, 9.17) is 5.11 Å². The van der Waals surface area contributed by atoms with Crippen LogP contribution in [0, 0.1) is 0 Å². The number of carboxylic acid groups (broad SMARTS) is 1. The Kier molecular flexibility index (Phi) is 3.04. The van der Waals surface area contributed by atoms with Gasteiger partial charge in [-0.15, -0.1) is 0 Å². The van der Waals surface area contributed by atoms with Crippen LogP contribution in [0.4, 0.5) is 0 Å².